The molecular formula is C30H52O4. The van der Waals surface area contributed by atoms with Crippen LogP contribution in [0.2, 0.25) is 0 Å². The summed E-state index contributed by atoms with van der Waals surface area (Å²) in [6, 6.07) is 0. The van der Waals surface area contributed by atoms with Crippen molar-refractivity contribution in [1.82, 2.24) is 0 Å². The van der Waals surface area contributed by atoms with Crippen molar-refractivity contribution in [1.29, 1.82) is 0 Å². The van der Waals surface area contributed by atoms with E-state index in [0.29, 0.717) is 24.4 Å². The van der Waals surface area contributed by atoms with Gasteiger partial charge < -0.3 is 9.47 Å². The first kappa shape index (κ1) is 28.9. The van der Waals surface area contributed by atoms with Gasteiger partial charge in [-0.15, -0.1) is 0 Å². The lowest BCUT2D eigenvalue weighted by Gasteiger charge is -2.22. The summed E-state index contributed by atoms with van der Waals surface area (Å²) >= 11 is 0. The Morgan fingerprint density at radius 1 is 0.529 bits per heavy atom. The molecule has 0 N–H and O–H groups in total. The Hall–Kier alpha value is -1.32. The number of rotatable bonds is 18. The van der Waals surface area contributed by atoms with Crippen molar-refractivity contribution in [2.75, 3.05) is 13.2 Å². The predicted octanol–water partition coefficient (Wildman–Crippen LogP) is 8.47. The van der Waals surface area contributed by atoms with Crippen LogP contribution in [0.3, 0.4) is 0 Å². The van der Waals surface area contributed by atoms with Crippen molar-refractivity contribution in [3.8, 4) is 0 Å². The van der Waals surface area contributed by atoms with E-state index in [-0.39, 0.29) is 23.8 Å². The van der Waals surface area contributed by atoms with E-state index >= 15 is 0 Å². The monoisotopic (exact) mass is 476 g/mol. The molecule has 0 bridgehead atoms. The molecule has 2 saturated carbocycles. The minimum atomic E-state index is -0.237. The number of hydrogen-bond acceptors (Lipinski definition) is 4. The third-order valence-electron chi connectivity index (χ3n) is 7.72. The fourth-order valence-electron chi connectivity index (χ4n) is 5.67. The molecule has 0 atom stereocenters. The van der Waals surface area contributed by atoms with Crippen LogP contribution in [0.4, 0.5) is 0 Å². The highest BCUT2D eigenvalue weighted by atomic mass is 16.5. The van der Waals surface area contributed by atoms with Crippen molar-refractivity contribution in [2.45, 2.75) is 142 Å². The van der Waals surface area contributed by atoms with Gasteiger partial charge in [0.05, 0.1) is 24.4 Å². The maximum atomic E-state index is 13.4. The highest BCUT2D eigenvalue weighted by Gasteiger charge is 2.36. The molecule has 34 heavy (non-hydrogen) atoms. The van der Waals surface area contributed by atoms with Crippen molar-refractivity contribution in [3.05, 3.63) is 11.1 Å². The summed E-state index contributed by atoms with van der Waals surface area (Å²) in [7, 11) is 0. The van der Waals surface area contributed by atoms with E-state index in [0.717, 1.165) is 77.0 Å². The highest BCUT2D eigenvalue weighted by molar-refractivity contribution is 6.01. The minimum Gasteiger partial charge on any atom is -0.462 e. The summed E-state index contributed by atoms with van der Waals surface area (Å²) in [6.45, 7) is 5.37. The molecule has 2 rings (SSSR count). The molecule has 2 aliphatic rings. The minimum absolute atomic E-state index is 0.161. The van der Waals surface area contributed by atoms with Crippen LogP contribution in [0.1, 0.15) is 142 Å². The van der Waals surface area contributed by atoms with Crippen LogP contribution in [0.25, 0.3) is 0 Å². The number of unbranched alkanes of at least 4 members (excludes halogenated alkanes) is 10. The average molecular weight is 477 g/mol. The van der Waals surface area contributed by atoms with Crippen LogP contribution < -0.4 is 0 Å². The Morgan fingerprint density at radius 2 is 0.853 bits per heavy atom. The van der Waals surface area contributed by atoms with E-state index in [1.807, 2.05) is 0 Å². The molecule has 0 aromatic carbocycles. The second-order valence-corrected chi connectivity index (χ2v) is 10.6. The van der Waals surface area contributed by atoms with E-state index in [9.17, 15) is 9.59 Å². The van der Waals surface area contributed by atoms with E-state index < -0.39 is 0 Å². The maximum absolute atomic E-state index is 13.4. The van der Waals surface area contributed by atoms with Crippen LogP contribution in [-0.4, -0.2) is 25.2 Å². The van der Waals surface area contributed by atoms with Crippen LogP contribution in [0, 0.1) is 11.8 Å². The second-order valence-electron chi connectivity index (χ2n) is 10.6. The Balaban J connectivity index is 2.01. The summed E-state index contributed by atoms with van der Waals surface area (Å²) in [5.74, 6) is -0.152. The van der Waals surface area contributed by atoms with Gasteiger partial charge in [0, 0.05) is 0 Å². The number of carbonyl (C=O) groups excluding carboxylic acids is 2. The average Bonchev–Trinajstić information content (AvgIpc) is 3.55. The third-order valence-corrected chi connectivity index (χ3v) is 7.72. The van der Waals surface area contributed by atoms with Crippen molar-refractivity contribution < 1.29 is 19.1 Å². The Bertz CT molecular complexity index is 545. The van der Waals surface area contributed by atoms with Gasteiger partial charge in [-0.2, -0.15) is 0 Å². The van der Waals surface area contributed by atoms with Gasteiger partial charge in [0.2, 0.25) is 0 Å². The van der Waals surface area contributed by atoms with Crippen LogP contribution in [-0.2, 0) is 19.1 Å². The molecule has 4 heteroatoms. The molecule has 0 saturated heterocycles. The Labute approximate surface area is 209 Å². The second kappa shape index (κ2) is 18.0. The lowest BCUT2D eigenvalue weighted by molar-refractivity contribution is -0.143. The summed E-state index contributed by atoms with van der Waals surface area (Å²) in [5, 5.41) is 0. The molecule has 0 heterocycles. The van der Waals surface area contributed by atoms with Gasteiger partial charge >= 0.3 is 11.9 Å². The van der Waals surface area contributed by atoms with Gasteiger partial charge in [0.1, 0.15) is 0 Å². The fourth-order valence-corrected chi connectivity index (χ4v) is 5.67. The number of esters is 2. The number of carbonyl (C=O) groups is 2. The van der Waals surface area contributed by atoms with Crippen molar-refractivity contribution in [2.24, 2.45) is 11.8 Å². The lowest BCUT2D eigenvalue weighted by atomic mass is 9.85. The molecule has 196 valence electrons. The Morgan fingerprint density at radius 3 is 1.21 bits per heavy atom. The predicted molar refractivity (Wildman–Crippen MR) is 140 cm³/mol. The SMILES string of the molecule is CCCCCCCCOC(=O)C(=C(C(=O)OCCCCCCCC)C1CCCC1)C1CCCC1. The number of ether oxygens (including phenoxy) is 2. The van der Waals surface area contributed by atoms with Gasteiger partial charge in [-0.05, 0) is 50.4 Å². The lowest BCUT2D eigenvalue weighted by Crippen LogP contribution is -2.25. The standard InChI is InChI=1S/C30H52O4/c1-3-5-7-9-11-17-23-33-29(31)27(25-19-13-14-20-25)28(26-21-15-16-22-26)30(32)34-24-18-12-10-8-6-4-2/h25-26H,3-24H2,1-2H3. The van der Waals surface area contributed by atoms with Gasteiger partial charge in [-0.3, -0.25) is 0 Å². The summed E-state index contributed by atoms with van der Waals surface area (Å²) < 4.78 is 11.6. The molecule has 0 amide bonds. The molecule has 2 aliphatic carbocycles. The molecule has 2 fully saturated rings. The third kappa shape index (κ3) is 10.5. The summed E-state index contributed by atoms with van der Waals surface area (Å²) in [5.41, 5.74) is 1.37. The molecule has 0 aromatic heterocycles. The summed E-state index contributed by atoms with van der Waals surface area (Å²) in [4.78, 5) is 26.7. The Kier molecular flexibility index (Phi) is 15.3. The smallest absolute Gasteiger partial charge is 0.334 e. The van der Waals surface area contributed by atoms with Gasteiger partial charge in [-0.25, -0.2) is 9.59 Å². The molecule has 0 aromatic rings. The van der Waals surface area contributed by atoms with E-state index in [4.69, 9.17) is 9.47 Å². The van der Waals surface area contributed by atoms with Gasteiger partial charge in [-0.1, -0.05) is 104 Å². The largest absolute Gasteiger partial charge is 0.462 e. The molecule has 0 spiro atoms. The topological polar surface area (TPSA) is 52.6 Å². The van der Waals surface area contributed by atoms with Gasteiger partial charge in [0.15, 0.2) is 0 Å². The quantitative estimate of drug-likeness (QED) is 0.113. The fraction of sp³-hybridized carbons (Fsp3) is 0.867. The summed E-state index contributed by atoms with van der Waals surface area (Å²) in [6.07, 6.45) is 22.5. The molecule has 0 aliphatic heterocycles. The van der Waals surface area contributed by atoms with Crippen LogP contribution in [0.15, 0.2) is 11.1 Å². The maximum Gasteiger partial charge on any atom is 0.334 e. The molecule has 0 unspecified atom stereocenters. The van der Waals surface area contributed by atoms with E-state index in [2.05, 4.69) is 13.8 Å². The van der Waals surface area contributed by atoms with Crippen molar-refractivity contribution in [3.63, 3.8) is 0 Å². The first-order valence-electron chi connectivity index (χ1n) is 14.8. The zero-order valence-electron chi connectivity index (χ0n) is 22.3. The van der Waals surface area contributed by atoms with E-state index in [1.165, 1.54) is 51.4 Å². The molecule has 4 nitrogen and oxygen atoms in total. The van der Waals surface area contributed by atoms with Gasteiger partial charge in [0.25, 0.3) is 0 Å². The first-order chi connectivity index (χ1) is 16.7. The molecule has 0 radical (unpaired) electrons. The highest BCUT2D eigenvalue weighted by Crippen LogP contribution is 2.40. The number of hydrogen-bond donors (Lipinski definition) is 0. The van der Waals surface area contributed by atoms with E-state index in [1.54, 1.807) is 0 Å². The first-order valence-corrected chi connectivity index (χ1v) is 14.8. The molecular weight excluding hydrogens is 424 g/mol. The van der Waals surface area contributed by atoms with Crippen LogP contribution >= 0.6 is 0 Å². The zero-order valence-corrected chi connectivity index (χ0v) is 22.3. The van der Waals surface area contributed by atoms with Crippen molar-refractivity contribution >= 4 is 11.9 Å². The van der Waals surface area contributed by atoms with Crippen LogP contribution in [0.5, 0.6) is 0 Å². The normalized spacial score (nSPS) is 17.7. The zero-order chi connectivity index (χ0) is 24.4.